The summed E-state index contributed by atoms with van der Waals surface area (Å²) < 4.78 is 1.98. The first kappa shape index (κ1) is 19.5. The molecule has 3 rings (SSSR count). The Morgan fingerprint density at radius 2 is 1.96 bits per heavy atom. The summed E-state index contributed by atoms with van der Waals surface area (Å²) in [5.41, 5.74) is 4.37. The Labute approximate surface area is 163 Å². The molecule has 1 aliphatic heterocycles. The minimum Gasteiger partial charge on any atom is -0.356 e. The molecule has 0 radical (unpaired) electrons. The van der Waals surface area contributed by atoms with Gasteiger partial charge in [-0.1, -0.05) is 12.8 Å². The van der Waals surface area contributed by atoms with Crippen molar-refractivity contribution in [3.63, 3.8) is 0 Å². The second-order valence-corrected chi connectivity index (χ2v) is 7.38. The summed E-state index contributed by atoms with van der Waals surface area (Å²) in [6.45, 7) is 7.52. The summed E-state index contributed by atoms with van der Waals surface area (Å²) in [5.74, 6) is 1.08. The van der Waals surface area contributed by atoms with E-state index < -0.39 is 0 Å². The molecule has 1 N–H and O–H groups in total. The number of nitrogens with one attached hydrogen (secondary N) is 1. The number of aliphatic imine (C=N–C) groups is 1. The van der Waals surface area contributed by atoms with Gasteiger partial charge in [-0.2, -0.15) is 5.10 Å². The monoisotopic (exact) mass is 445 g/mol. The number of hydrogen-bond donors (Lipinski definition) is 1. The first-order chi connectivity index (χ1) is 11.0. The van der Waals surface area contributed by atoms with E-state index in [1.54, 1.807) is 0 Å². The Morgan fingerprint density at radius 1 is 1.25 bits per heavy atom. The number of aromatic nitrogens is 2. The van der Waals surface area contributed by atoms with Crippen molar-refractivity contribution in [3.05, 3.63) is 17.0 Å². The molecule has 0 bridgehead atoms. The van der Waals surface area contributed by atoms with Gasteiger partial charge >= 0.3 is 0 Å². The summed E-state index contributed by atoms with van der Waals surface area (Å²) in [6.07, 6.45) is 8.00. The van der Waals surface area contributed by atoms with E-state index in [0.717, 1.165) is 31.2 Å². The maximum atomic E-state index is 4.52. The largest absolute Gasteiger partial charge is 0.356 e. The fraction of sp³-hybridized carbons (Fsp3) is 0.778. The summed E-state index contributed by atoms with van der Waals surface area (Å²) in [6, 6.07) is 0. The molecule has 136 valence electrons. The average Bonchev–Trinajstić information content (AvgIpc) is 3.22. The molecule has 1 spiro atoms. The van der Waals surface area contributed by atoms with Gasteiger partial charge in [-0.25, -0.2) is 0 Å². The van der Waals surface area contributed by atoms with Crippen molar-refractivity contribution in [2.24, 2.45) is 17.5 Å². The van der Waals surface area contributed by atoms with Gasteiger partial charge in [-0.15, -0.1) is 24.0 Å². The number of nitrogens with zero attached hydrogens (tertiary/aromatic N) is 4. The second kappa shape index (κ2) is 8.06. The molecule has 2 aliphatic rings. The molecule has 0 unspecified atom stereocenters. The Bertz CT molecular complexity index is 586. The molecule has 5 nitrogen and oxygen atoms in total. The summed E-state index contributed by atoms with van der Waals surface area (Å²) in [5, 5.41) is 8.07. The van der Waals surface area contributed by atoms with Crippen LogP contribution in [0.15, 0.2) is 4.99 Å². The maximum absolute atomic E-state index is 4.52. The smallest absolute Gasteiger partial charge is 0.193 e. The SMILES string of the molecule is CN=C(NCCc1c(C)nn(C)c1C)N1CCC2(CCCC2)C1.I. The predicted molar refractivity (Wildman–Crippen MR) is 110 cm³/mol. The van der Waals surface area contributed by atoms with Crippen LogP contribution in [0.4, 0.5) is 0 Å². The van der Waals surface area contributed by atoms with Crippen molar-refractivity contribution >= 4 is 29.9 Å². The van der Waals surface area contributed by atoms with Crippen LogP contribution in [0.2, 0.25) is 0 Å². The van der Waals surface area contributed by atoms with E-state index >= 15 is 0 Å². The van der Waals surface area contributed by atoms with Gasteiger partial charge in [0.25, 0.3) is 0 Å². The number of likely N-dealkylation sites (tertiary alicyclic amines) is 1. The molecule has 1 saturated heterocycles. The van der Waals surface area contributed by atoms with Gasteiger partial charge in [0.1, 0.15) is 0 Å². The van der Waals surface area contributed by atoms with E-state index in [-0.39, 0.29) is 24.0 Å². The molecular weight excluding hydrogens is 413 g/mol. The average molecular weight is 445 g/mol. The van der Waals surface area contributed by atoms with Crippen LogP contribution in [0.3, 0.4) is 0 Å². The zero-order valence-electron chi connectivity index (χ0n) is 15.6. The summed E-state index contributed by atoms with van der Waals surface area (Å²) in [4.78, 5) is 6.98. The van der Waals surface area contributed by atoms with Gasteiger partial charge in [-0.05, 0) is 50.5 Å². The molecule has 1 saturated carbocycles. The highest BCUT2D eigenvalue weighted by atomic mass is 127. The lowest BCUT2D eigenvalue weighted by molar-refractivity contribution is 0.309. The Morgan fingerprint density at radius 3 is 2.54 bits per heavy atom. The molecule has 1 aromatic rings. The standard InChI is InChI=1S/C18H31N5.HI/c1-14-16(15(2)22(4)21-14)7-11-20-17(19-3)23-12-10-18(13-23)8-5-6-9-18;/h5-13H2,1-4H3,(H,19,20);1H. The third-order valence-corrected chi connectivity index (χ3v) is 5.93. The minimum atomic E-state index is 0. The highest BCUT2D eigenvalue weighted by Gasteiger charge is 2.40. The highest BCUT2D eigenvalue weighted by Crippen LogP contribution is 2.45. The Kier molecular flexibility index (Phi) is 6.56. The Hall–Kier alpha value is -0.790. The molecule has 1 aromatic heterocycles. The van der Waals surface area contributed by atoms with Crippen molar-refractivity contribution in [1.29, 1.82) is 0 Å². The van der Waals surface area contributed by atoms with Crippen molar-refractivity contribution in [1.82, 2.24) is 20.0 Å². The molecule has 0 aromatic carbocycles. The van der Waals surface area contributed by atoms with Gasteiger partial charge < -0.3 is 10.2 Å². The highest BCUT2D eigenvalue weighted by molar-refractivity contribution is 14.0. The van der Waals surface area contributed by atoms with E-state index in [9.17, 15) is 0 Å². The van der Waals surface area contributed by atoms with E-state index in [2.05, 4.69) is 34.2 Å². The zero-order chi connectivity index (χ0) is 16.4. The van der Waals surface area contributed by atoms with E-state index in [1.807, 2.05) is 18.8 Å². The second-order valence-electron chi connectivity index (χ2n) is 7.38. The van der Waals surface area contributed by atoms with Crippen molar-refractivity contribution in [2.75, 3.05) is 26.7 Å². The molecular formula is C18H32IN5. The van der Waals surface area contributed by atoms with E-state index in [0.29, 0.717) is 5.41 Å². The lowest BCUT2D eigenvalue weighted by Crippen LogP contribution is -2.41. The quantitative estimate of drug-likeness (QED) is 0.442. The lowest BCUT2D eigenvalue weighted by atomic mass is 9.86. The molecule has 2 heterocycles. The number of aryl methyl sites for hydroxylation is 2. The topological polar surface area (TPSA) is 45.5 Å². The van der Waals surface area contributed by atoms with Gasteiger partial charge in [0, 0.05) is 39.4 Å². The Balaban J connectivity index is 0.00000208. The number of hydrogen-bond acceptors (Lipinski definition) is 2. The number of halogens is 1. The minimum absolute atomic E-state index is 0. The molecule has 24 heavy (non-hydrogen) atoms. The van der Waals surface area contributed by atoms with Gasteiger partial charge in [0.05, 0.1) is 5.69 Å². The van der Waals surface area contributed by atoms with Gasteiger partial charge in [0.15, 0.2) is 5.96 Å². The fourth-order valence-electron chi connectivity index (χ4n) is 4.46. The zero-order valence-corrected chi connectivity index (χ0v) is 17.9. The van der Waals surface area contributed by atoms with Crippen LogP contribution in [0.1, 0.15) is 49.1 Å². The van der Waals surface area contributed by atoms with Crippen LogP contribution in [0, 0.1) is 19.3 Å². The molecule has 1 aliphatic carbocycles. The first-order valence-electron chi connectivity index (χ1n) is 8.99. The maximum Gasteiger partial charge on any atom is 0.193 e. The van der Waals surface area contributed by atoms with Crippen LogP contribution >= 0.6 is 24.0 Å². The predicted octanol–water partition coefficient (Wildman–Crippen LogP) is 3.04. The van der Waals surface area contributed by atoms with Gasteiger partial charge in [-0.3, -0.25) is 9.67 Å². The molecule has 6 heteroatoms. The van der Waals surface area contributed by atoms with E-state index in [4.69, 9.17) is 0 Å². The first-order valence-corrected chi connectivity index (χ1v) is 8.99. The van der Waals surface area contributed by atoms with E-state index in [1.165, 1.54) is 49.9 Å². The van der Waals surface area contributed by atoms with Gasteiger partial charge in [0.2, 0.25) is 0 Å². The van der Waals surface area contributed by atoms with Crippen molar-refractivity contribution in [3.8, 4) is 0 Å². The molecule has 2 fully saturated rings. The lowest BCUT2D eigenvalue weighted by Gasteiger charge is -2.26. The van der Waals surface area contributed by atoms with Crippen LogP contribution in [0.5, 0.6) is 0 Å². The van der Waals surface area contributed by atoms with Crippen LogP contribution in [-0.4, -0.2) is 47.3 Å². The van der Waals surface area contributed by atoms with Crippen LogP contribution in [-0.2, 0) is 13.5 Å². The molecule has 0 amide bonds. The van der Waals surface area contributed by atoms with Crippen molar-refractivity contribution < 1.29 is 0 Å². The number of rotatable bonds is 3. The van der Waals surface area contributed by atoms with Crippen LogP contribution < -0.4 is 5.32 Å². The van der Waals surface area contributed by atoms with Crippen molar-refractivity contribution in [2.45, 2.75) is 52.4 Å². The normalized spacial score (nSPS) is 19.8. The third kappa shape index (κ3) is 3.89. The van der Waals surface area contributed by atoms with Crippen LogP contribution in [0.25, 0.3) is 0 Å². The third-order valence-electron chi connectivity index (χ3n) is 5.93. The fourth-order valence-corrected chi connectivity index (χ4v) is 4.46. The molecule has 0 atom stereocenters. The summed E-state index contributed by atoms with van der Waals surface area (Å²) in [7, 11) is 3.92. The summed E-state index contributed by atoms with van der Waals surface area (Å²) >= 11 is 0. The number of guanidine groups is 1.